The van der Waals surface area contributed by atoms with Crippen molar-refractivity contribution >= 4 is 11.3 Å². The number of nitrogens with zero attached hydrogens (tertiary/aromatic N) is 2. The molecule has 1 N–H and O–H groups in total. The lowest BCUT2D eigenvalue weighted by molar-refractivity contribution is 0.273. The van der Waals surface area contributed by atoms with Crippen molar-refractivity contribution in [1.82, 2.24) is 9.88 Å². The molecule has 2 aromatic rings. The van der Waals surface area contributed by atoms with Crippen molar-refractivity contribution in [3.63, 3.8) is 0 Å². The molecule has 0 bridgehead atoms. The molecule has 20 heavy (non-hydrogen) atoms. The molecule has 0 spiro atoms. The highest BCUT2D eigenvalue weighted by molar-refractivity contribution is 7.10. The number of thiophene rings is 1. The molecule has 0 amide bonds. The molecule has 2 rings (SSSR count). The summed E-state index contributed by atoms with van der Waals surface area (Å²) in [6.07, 6.45) is 3.65. The summed E-state index contributed by atoms with van der Waals surface area (Å²) in [5.74, 6) is 5.73. The summed E-state index contributed by atoms with van der Waals surface area (Å²) in [6.45, 7) is 4.83. The number of pyridine rings is 1. The third-order valence-electron chi connectivity index (χ3n) is 3.02. The summed E-state index contributed by atoms with van der Waals surface area (Å²) >= 11 is 1.72. The van der Waals surface area contributed by atoms with Gasteiger partial charge in [0.25, 0.3) is 0 Å². The van der Waals surface area contributed by atoms with Crippen molar-refractivity contribution in [1.29, 1.82) is 0 Å². The van der Waals surface area contributed by atoms with Crippen molar-refractivity contribution < 1.29 is 5.11 Å². The van der Waals surface area contributed by atoms with Gasteiger partial charge in [-0.15, -0.1) is 11.3 Å². The van der Waals surface area contributed by atoms with E-state index < -0.39 is 0 Å². The average molecular weight is 286 g/mol. The van der Waals surface area contributed by atoms with Crippen molar-refractivity contribution in [2.24, 2.45) is 0 Å². The quantitative estimate of drug-likeness (QED) is 0.858. The van der Waals surface area contributed by atoms with E-state index in [1.54, 1.807) is 11.3 Å². The molecule has 0 radical (unpaired) electrons. The number of aliphatic hydroxyl groups excluding tert-OH is 1. The Morgan fingerprint density at radius 3 is 2.75 bits per heavy atom. The minimum absolute atomic E-state index is 0.0935. The standard InChI is InChI=1S/C16H18N2OS/c1-2-18(12-14-5-8-17-9-6-14)13-16-15(4-3-10-19)7-11-20-16/h5-9,11,19H,2,10,12-13H2,1H3. The Kier molecular flexibility index (Phi) is 5.75. The van der Waals surface area contributed by atoms with Gasteiger partial charge in [0, 0.05) is 35.9 Å². The molecule has 0 saturated heterocycles. The van der Waals surface area contributed by atoms with E-state index in [0.29, 0.717) is 0 Å². The molecule has 4 heteroatoms. The number of aromatic nitrogens is 1. The molecule has 0 aliphatic heterocycles. The van der Waals surface area contributed by atoms with Crippen LogP contribution in [0.15, 0.2) is 36.0 Å². The van der Waals surface area contributed by atoms with Gasteiger partial charge < -0.3 is 5.11 Å². The zero-order valence-corrected chi connectivity index (χ0v) is 12.4. The molecule has 2 aromatic heterocycles. The topological polar surface area (TPSA) is 36.4 Å². The molecule has 104 valence electrons. The van der Waals surface area contributed by atoms with Gasteiger partial charge in [-0.1, -0.05) is 18.8 Å². The summed E-state index contributed by atoms with van der Waals surface area (Å²) in [7, 11) is 0. The first-order valence-electron chi connectivity index (χ1n) is 6.60. The second kappa shape index (κ2) is 7.81. The van der Waals surface area contributed by atoms with Crippen molar-refractivity contribution in [2.75, 3.05) is 13.2 Å². The Balaban J connectivity index is 2.05. The van der Waals surface area contributed by atoms with E-state index in [1.165, 1.54) is 10.4 Å². The van der Waals surface area contributed by atoms with E-state index in [2.05, 4.69) is 34.0 Å². The molecule has 0 saturated carbocycles. The monoisotopic (exact) mass is 286 g/mol. The predicted molar refractivity (Wildman–Crippen MR) is 82.3 cm³/mol. The highest BCUT2D eigenvalue weighted by Crippen LogP contribution is 2.19. The first-order chi connectivity index (χ1) is 9.83. The van der Waals surface area contributed by atoms with E-state index >= 15 is 0 Å². The first-order valence-corrected chi connectivity index (χ1v) is 7.48. The second-order valence-corrected chi connectivity index (χ2v) is 5.38. The van der Waals surface area contributed by atoms with Gasteiger partial charge in [0.1, 0.15) is 6.61 Å². The normalized spacial score (nSPS) is 10.3. The highest BCUT2D eigenvalue weighted by Gasteiger charge is 2.09. The van der Waals surface area contributed by atoms with Crippen LogP contribution in [-0.2, 0) is 13.1 Å². The van der Waals surface area contributed by atoms with Gasteiger partial charge in [-0.2, -0.15) is 0 Å². The zero-order chi connectivity index (χ0) is 14.2. The molecule has 3 nitrogen and oxygen atoms in total. The third-order valence-corrected chi connectivity index (χ3v) is 3.92. The number of hydrogen-bond acceptors (Lipinski definition) is 4. The Labute approximate surface area is 123 Å². The SMILES string of the molecule is CCN(Cc1ccncc1)Cc1sccc1C#CCO. The van der Waals surface area contributed by atoms with Crippen LogP contribution in [0.2, 0.25) is 0 Å². The Morgan fingerprint density at radius 1 is 1.25 bits per heavy atom. The smallest absolute Gasteiger partial charge is 0.104 e. The molecule has 0 fully saturated rings. The maximum atomic E-state index is 8.79. The predicted octanol–water partition coefficient (Wildman–Crippen LogP) is 2.51. The van der Waals surface area contributed by atoms with Crippen LogP contribution >= 0.6 is 11.3 Å². The van der Waals surface area contributed by atoms with Crippen LogP contribution in [0.3, 0.4) is 0 Å². The van der Waals surface area contributed by atoms with Crippen molar-refractivity contribution in [3.8, 4) is 11.8 Å². The molecule has 0 atom stereocenters. The fraction of sp³-hybridized carbons (Fsp3) is 0.312. The first kappa shape index (κ1) is 14.7. The maximum absolute atomic E-state index is 8.79. The highest BCUT2D eigenvalue weighted by atomic mass is 32.1. The van der Waals surface area contributed by atoms with Crippen LogP contribution in [0, 0.1) is 11.8 Å². The summed E-state index contributed by atoms with van der Waals surface area (Å²) in [5.41, 5.74) is 2.29. The van der Waals surface area contributed by atoms with Crippen LogP contribution < -0.4 is 0 Å². The molecular weight excluding hydrogens is 268 g/mol. The van der Waals surface area contributed by atoms with Crippen LogP contribution in [-0.4, -0.2) is 28.1 Å². The lowest BCUT2D eigenvalue weighted by Gasteiger charge is -2.19. The third kappa shape index (κ3) is 4.17. The van der Waals surface area contributed by atoms with Gasteiger partial charge in [-0.3, -0.25) is 9.88 Å². The van der Waals surface area contributed by atoms with E-state index in [9.17, 15) is 0 Å². The molecular formula is C16H18N2OS. The van der Waals surface area contributed by atoms with E-state index in [-0.39, 0.29) is 6.61 Å². The average Bonchev–Trinajstić information content (AvgIpc) is 2.92. The Morgan fingerprint density at radius 2 is 2.05 bits per heavy atom. The molecule has 0 unspecified atom stereocenters. The van der Waals surface area contributed by atoms with Crippen LogP contribution in [0.5, 0.6) is 0 Å². The number of hydrogen-bond donors (Lipinski definition) is 1. The van der Waals surface area contributed by atoms with Gasteiger partial charge in [0.2, 0.25) is 0 Å². The fourth-order valence-electron chi connectivity index (χ4n) is 1.94. The van der Waals surface area contributed by atoms with Crippen molar-refractivity contribution in [3.05, 3.63) is 52.0 Å². The fourth-order valence-corrected chi connectivity index (χ4v) is 2.81. The van der Waals surface area contributed by atoms with Crippen LogP contribution in [0.1, 0.15) is 22.9 Å². The largest absolute Gasteiger partial charge is 0.384 e. The van der Waals surface area contributed by atoms with E-state index in [4.69, 9.17) is 5.11 Å². The zero-order valence-electron chi connectivity index (χ0n) is 11.5. The lowest BCUT2D eigenvalue weighted by Crippen LogP contribution is -2.22. The summed E-state index contributed by atoms with van der Waals surface area (Å²) in [4.78, 5) is 7.66. The summed E-state index contributed by atoms with van der Waals surface area (Å²) in [6, 6.07) is 6.11. The van der Waals surface area contributed by atoms with Gasteiger partial charge in [-0.25, -0.2) is 0 Å². The molecule has 0 aliphatic carbocycles. The minimum Gasteiger partial charge on any atom is -0.384 e. The van der Waals surface area contributed by atoms with Crippen LogP contribution in [0.25, 0.3) is 0 Å². The van der Waals surface area contributed by atoms with Gasteiger partial charge >= 0.3 is 0 Å². The van der Waals surface area contributed by atoms with E-state index in [0.717, 1.165) is 25.2 Å². The van der Waals surface area contributed by atoms with Crippen molar-refractivity contribution in [2.45, 2.75) is 20.0 Å². The van der Waals surface area contributed by atoms with Gasteiger partial charge in [0.05, 0.1) is 0 Å². The lowest BCUT2D eigenvalue weighted by atomic mass is 10.2. The Bertz CT molecular complexity index is 583. The van der Waals surface area contributed by atoms with E-state index in [1.807, 2.05) is 30.6 Å². The molecule has 0 aliphatic rings. The Hall–Kier alpha value is -1.67. The maximum Gasteiger partial charge on any atom is 0.104 e. The second-order valence-electron chi connectivity index (χ2n) is 4.38. The molecule has 0 aromatic carbocycles. The summed E-state index contributed by atoms with van der Waals surface area (Å²) < 4.78 is 0. The minimum atomic E-state index is -0.0935. The van der Waals surface area contributed by atoms with Crippen LogP contribution in [0.4, 0.5) is 0 Å². The number of rotatable bonds is 5. The number of aliphatic hydroxyl groups is 1. The van der Waals surface area contributed by atoms with Gasteiger partial charge in [-0.05, 0) is 35.7 Å². The molecule has 2 heterocycles. The summed E-state index contributed by atoms with van der Waals surface area (Å²) in [5, 5.41) is 10.8. The van der Waals surface area contributed by atoms with Gasteiger partial charge in [0.15, 0.2) is 0 Å².